The zero-order valence-corrected chi connectivity index (χ0v) is 8.86. The van der Waals surface area contributed by atoms with Gasteiger partial charge >= 0.3 is 0 Å². The first-order valence-corrected chi connectivity index (χ1v) is 4.95. The highest BCUT2D eigenvalue weighted by atomic mass is 16.4. The van der Waals surface area contributed by atoms with E-state index in [-0.39, 0.29) is 11.3 Å². The van der Waals surface area contributed by atoms with Crippen LogP contribution in [0.2, 0.25) is 0 Å². The molecule has 2 aromatic rings. The predicted molar refractivity (Wildman–Crippen MR) is 58.0 cm³/mol. The largest absolute Gasteiger partial charge is 0.420 e. The SMILES string of the molecule is CNCCc1nnc(-c2c[nH]ccc2=O)o1. The van der Waals surface area contributed by atoms with Crippen LogP contribution < -0.4 is 10.7 Å². The molecule has 0 saturated carbocycles. The van der Waals surface area contributed by atoms with Crippen molar-refractivity contribution in [3.05, 3.63) is 34.6 Å². The molecule has 2 N–H and O–H groups in total. The normalized spacial score (nSPS) is 10.6. The molecule has 0 aliphatic heterocycles. The first-order chi connectivity index (χ1) is 7.81. The lowest BCUT2D eigenvalue weighted by Gasteiger charge is -1.93. The molecule has 0 unspecified atom stereocenters. The number of nitrogens with zero attached hydrogens (tertiary/aromatic N) is 2. The van der Waals surface area contributed by atoms with E-state index < -0.39 is 0 Å². The third kappa shape index (κ3) is 2.17. The van der Waals surface area contributed by atoms with Crippen LogP contribution in [0.4, 0.5) is 0 Å². The topological polar surface area (TPSA) is 83.8 Å². The smallest absolute Gasteiger partial charge is 0.253 e. The number of aromatic amines is 1. The van der Waals surface area contributed by atoms with Gasteiger partial charge < -0.3 is 14.7 Å². The number of rotatable bonds is 4. The lowest BCUT2D eigenvalue weighted by Crippen LogP contribution is -2.10. The summed E-state index contributed by atoms with van der Waals surface area (Å²) in [5.41, 5.74) is 0.258. The Hall–Kier alpha value is -1.95. The summed E-state index contributed by atoms with van der Waals surface area (Å²) in [4.78, 5) is 14.3. The third-order valence-corrected chi connectivity index (χ3v) is 2.11. The predicted octanol–water partition coefficient (Wildman–Crippen LogP) is 0.187. The molecule has 0 aromatic carbocycles. The molecular formula is C10H12N4O2. The molecule has 6 nitrogen and oxygen atoms in total. The second kappa shape index (κ2) is 4.71. The van der Waals surface area contributed by atoms with Crippen molar-refractivity contribution in [1.82, 2.24) is 20.5 Å². The monoisotopic (exact) mass is 220 g/mol. The van der Waals surface area contributed by atoms with E-state index >= 15 is 0 Å². The average molecular weight is 220 g/mol. The van der Waals surface area contributed by atoms with Crippen molar-refractivity contribution >= 4 is 0 Å². The Morgan fingerprint density at radius 3 is 3.12 bits per heavy atom. The van der Waals surface area contributed by atoms with E-state index in [1.165, 1.54) is 6.07 Å². The van der Waals surface area contributed by atoms with Gasteiger partial charge in [0, 0.05) is 31.4 Å². The fourth-order valence-electron chi connectivity index (χ4n) is 1.28. The van der Waals surface area contributed by atoms with Crippen LogP contribution in [0.3, 0.4) is 0 Å². The summed E-state index contributed by atoms with van der Waals surface area (Å²) >= 11 is 0. The van der Waals surface area contributed by atoms with Crippen LogP contribution in [0.15, 0.2) is 27.7 Å². The maximum absolute atomic E-state index is 11.5. The molecule has 2 heterocycles. The quantitative estimate of drug-likeness (QED) is 0.768. The van der Waals surface area contributed by atoms with Gasteiger partial charge in [-0.3, -0.25) is 4.79 Å². The van der Waals surface area contributed by atoms with E-state index in [1.807, 2.05) is 7.05 Å². The Balaban J connectivity index is 2.25. The third-order valence-electron chi connectivity index (χ3n) is 2.11. The van der Waals surface area contributed by atoms with Crippen molar-refractivity contribution in [2.45, 2.75) is 6.42 Å². The number of hydrogen-bond donors (Lipinski definition) is 2. The molecule has 84 valence electrons. The molecule has 0 saturated heterocycles. The summed E-state index contributed by atoms with van der Waals surface area (Å²) in [6, 6.07) is 1.42. The summed E-state index contributed by atoms with van der Waals surface area (Å²) in [5.74, 6) is 0.778. The summed E-state index contributed by atoms with van der Waals surface area (Å²) in [7, 11) is 1.85. The Morgan fingerprint density at radius 1 is 1.50 bits per heavy atom. The van der Waals surface area contributed by atoms with Crippen LogP contribution in [-0.2, 0) is 6.42 Å². The highest BCUT2D eigenvalue weighted by molar-refractivity contribution is 5.49. The van der Waals surface area contributed by atoms with Crippen molar-refractivity contribution < 1.29 is 4.42 Å². The van der Waals surface area contributed by atoms with Crippen molar-refractivity contribution in [3.63, 3.8) is 0 Å². The van der Waals surface area contributed by atoms with Crippen molar-refractivity contribution in [2.24, 2.45) is 0 Å². The van der Waals surface area contributed by atoms with Gasteiger partial charge in [-0.1, -0.05) is 0 Å². The van der Waals surface area contributed by atoms with Gasteiger partial charge in [0.05, 0.1) is 0 Å². The Labute approximate surface area is 91.7 Å². The molecule has 16 heavy (non-hydrogen) atoms. The Kier molecular flexibility index (Phi) is 3.11. The summed E-state index contributed by atoms with van der Waals surface area (Å²) < 4.78 is 5.37. The number of nitrogens with one attached hydrogen (secondary N) is 2. The number of H-pyrrole nitrogens is 1. The minimum atomic E-state index is -0.137. The lowest BCUT2D eigenvalue weighted by molar-refractivity contribution is 0.499. The molecule has 0 aliphatic rings. The number of pyridine rings is 1. The van der Waals surface area contributed by atoms with Gasteiger partial charge in [0.1, 0.15) is 5.56 Å². The zero-order valence-electron chi connectivity index (χ0n) is 8.86. The first-order valence-electron chi connectivity index (χ1n) is 4.95. The van der Waals surface area contributed by atoms with Gasteiger partial charge in [0.2, 0.25) is 5.89 Å². The molecule has 0 atom stereocenters. The van der Waals surface area contributed by atoms with Crippen LogP contribution in [0.5, 0.6) is 0 Å². The molecule has 6 heteroatoms. The van der Waals surface area contributed by atoms with Gasteiger partial charge in [0.15, 0.2) is 5.43 Å². The summed E-state index contributed by atoms with van der Waals surface area (Å²) in [6.07, 6.45) is 3.76. The van der Waals surface area contributed by atoms with Crippen molar-refractivity contribution in [3.8, 4) is 11.5 Å². The minimum absolute atomic E-state index is 0.137. The van der Waals surface area contributed by atoms with Crippen LogP contribution in [-0.4, -0.2) is 28.8 Å². The van der Waals surface area contributed by atoms with Gasteiger partial charge in [-0.2, -0.15) is 0 Å². The first kappa shape index (κ1) is 10.6. The second-order valence-corrected chi connectivity index (χ2v) is 3.28. The van der Waals surface area contributed by atoms with Crippen LogP contribution >= 0.6 is 0 Å². The van der Waals surface area contributed by atoms with Gasteiger partial charge in [0.25, 0.3) is 5.89 Å². The molecular weight excluding hydrogens is 208 g/mol. The Morgan fingerprint density at radius 2 is 2.38 bits per heavy atom. The molecule has 0 bridgehead atoms. The highest BCUT2D eigenvalue weighted by Gasteiger charge is 2.10. The fraction of sp³-hybridized carbons (Fsp3) is 0.300. The van der Waals surface area contributed by atoms with Gasteiger partial charge in [-0.15, -0.1) is 10.2 Å². The molecule has 2 aromatic heterocycles. The van der Waals surface area contributed by atoms with Crippen molar-refractivity contribution in [2.75, 3.05) is 13.6 Å². The summed E-state index contributed by atoms with van der Waals surface area (Å²) in [5, 5.41) is 10.7. The average Bonchev–Trinajstić information content (AvgIpc) is 2.75. The van der Waals surface area contributed by atoms with Crippen LogP contribution in [0, 0.1) is 0 Å². The fourth-order valence-corrected chi connectivity index (χ4v) is 1.28. The van der Waals surface area contributed by atoms with Gasteiger partial charge in [-0.05, 0) is 7.05 Å². The molecule has 0 aliphatic carbocycles. The van der Waals surface area contributed by atoms with Crippen LogP contribution in [0.25, 0.3) is 11.5 Å². The highest BCUT2D eigenvalue weighted by Crippen LogP contribution is 2.12. The van der Waals surface area contributed by atoms with Crippen molar-refractivity contribution in [1.29, 1.82) is 0 Å². The van der Waals surface area contributed by atoms with E-state index in [0.29, 0.717) is 17.9 Å². The molecule has 0 fully saturated rings. The second-order valence-electron chi connectivity index (χ2n) is 3.28. The van der Waals surface area contributed by atoms with E-state index in [0.717, 1.165) is 6.54 Å². The Bertz CT molecular complexity index is 517. The standard InChI is InChI=1S/C10H12N4O2/c1-11-4-3-9-13-14-10(16-9)7-6-12-5-2-8(7)15/h2,5-6,11H,3-4H2,1H3,(H,12,15). The summed E-state index contributed by atoms with van der Waals surface area (Å²) in [6.45, 7) is 0.757. The van der Waals surface area contributed by atoms with E-state index in [9.17, 15) is 4.79 Å². The van der Waals surface area contributed by atoms with Gasteiger partial charge in [-0.25, -0.2) is 0 Å². The minimum Gasteiger partial charge on any atom is -0.420 e. The maximum atomic E-state index is 11.5. The maximum Gasteiger partial charge on any atom is 0.253 e. The zero-order chi connectivity index (χ0) is 11.4. The molecule has 2 rings (SSSR count). The lowest BCUT2D eigenvalue weighted by atomic mass is 10.3. The number of aromatic nitrogens is 3. The van der Waals surface area contributed by atoms with E-state index in [4.69, 9.17) is 4.42 Å². The molecule has 0 radical (unpaired) electrons. The molecule has 0 amide bonds. The molecule has 0 spiro atoms. The van der Waals surface area contributed by atoms with Crippen LogP contribution in [0.1, 0.15) is 5.89 Å². The van der Waals surface area contributed by atoms with E-state index in [2.05, 4.69) is 20.5 Å². The van der Waals surface area contributed by atoms with E-state index in [1.54, 1.807) is 12.4 Å². The number of likely N-dealkylation sites (N-methyl/N-ethyl adjacent to an activating group) is 1. The number of hydrogen-bond acceptors (Lipinski definition) is 5.